The third kappa shape index (κ3) is 8.72. The second kappa shape index (κ2) is 14.0. The number of para-hydroxylation sites is 1. The molecule has 14 nitrogen and oxygen atoms in total. The predicted octanol–water partition coefficient (Wildman–Crippen LogP) is 2.20. The van der Waals surface area contributed by atoms with Crippen molar-refractivity contribution in [3.63, 3.8) is 0 Å². The zero-order valence-corrected chi connectivity index (χ0v) is 25.1. The van der Waals surface area contributed by atoms with Crippen LogP contribution in [-0.2, 0) is 41.5 Å². The summed E-state index contributed by atoms with van der Waals surface area (Å²) in [5.74, 6) is -0.851. The van der Waals surface area contributed by atoms with Crippen molar-refractivity contribution in [1.29, 1.82) is 0 Å². The molecule has 0 spiro atoms. The van der Waals surface area contributed by atoms with E-state index >= 15 is 0 Å². The first-order chi connectivity index (χ1) is 20.5. The standard InChI is InChI=1S/C25H27F2N4O10PS2/c26-25(27,42(35,36)37)19-13-11-18(12-14-19)17-21(30-43(38,39)20-7-2-1-3-8-20)24(32)28-15-6-16-29-44(40,41)23-10-5-4-9-22(23)31(33)34/h1-5,7-14,21,29-30H,6,15-17H2,(H,28,32)(H2,35,36,37)/t21-/m0/s1. The van der Waals surface area contributed by atoms with E-state index in [1.165, 1.54) is 36.4 Å². The van der Waals surface area contributed by atoms with Crippen molar-refractivity contribution in [1.82, 2.24) is 14.8 Å². The molecule has 0 aliphatic heterocycles. The number of nitro benzene ring substituents is 1. The molecule has 5 N–H and O–H groups in total. The summed E-state index contributed by atoms with van der Waals surface area (Å²) in [7, 11) is -14.3. The van der Waals surface area contributed by atoms with Crippen molar-refractivity contribution >= 4 is 39.2 Å². The van der Waals surface area contributed by atoms with Crippen molar-refractivity contribution in [2.45, 2.75) is 34.3 Å². The number of alkyl halides is 2. The van der Waals surface area contributed by atoms with E-state index in [-0.39, 0.29) is 36.4 Å². The highest BCUT2D eigenvalue weighted by Gasteiger charge is 2.50. The minimum atomic E-state index is -5.83. The van der Waals surface area contributed by atoms with Gasteiger partial charge in [-0.25, -0.2) is 21.6 Å². The van der Waals surface area contributed by atoms with Gasteiger partial charge in [0.25, 0.3) is 5.69 Å². The summed E-state index contributed by atoms with van der Waals surface area (Å²) in [6, 6.07) is 13.9. The summed E-state index contributed by atoms with van der Waals surface area (Å²) in [6.07, 6.45) is -0.361. The van der Waals surface area contributed by atoms with Crippen molar-refractivity contribution < 1.29 is 49.7 Å². The fourth-order valence-electron chi connectivity index (χ4n) is 3.83. The molecule has 44 heavy (non-hydrogen) atoms. The number of benzene rings is 3. The molecular formula is C25H27F2N4O10PS2. The third-order valence-corrected chi connectivity index (χ3v) is 10.1. The number of nitrogens with one attached hydrogen (secondary N) is 3. The number of hydrogen-bond donors (Lipinski definition) is 5. The number of rotatable bonds is 15. The van der Waals surface area contributed by atoms with Gasteiger partial charge in [-0.2, -0.15) is 13.5 Å². The SMILES string of the molecule is O=C(NCCCNS(=O)(=O)c1ccccc1[N+](=O)[O-])[C@H](Cc1ccc(C(F)(F)P(=O)(O)O)cc1)NS(=O)(=O)c1ccccc1. The van der Waals surface area contributed by atoms with E-state index in [1.807, 2.05) is 0 Å². The summed E-state index contributed by atoms with van der Waals surface area (Å²) in [6.45, 7) is -0.403. The number of halogens is 2. The number of nitro groups is 1. The number of nitrogens with zero attached hydrogens (tertiary/aromatic N) is 1. The molecule has 238 valence electrons. The van der Waals surface area contributed by atoms with E-state index in [0.29, 0.717) is 0 Å². The topological polar surface area (TPSA) is 222 Å². The van der Waals surface area contributed by atoms with Crippen LogP contribution in [0.4, 0.5) is 14.5 Å². The lowest BCUT2D eigenvalue weighted by molar-refractivity contribution is -0.387. The first kappa shape index (κ1) is 34.8. The first-order valence-corrected chi connectivity index (χ1v) is 17.1. The van der Waals surface area contributed by atoms with Gasteiger partial charge in [-0.05, 0) is 36.6 Å². The van der Waals surface area contributed by atoms with Crippen LogP contribution in [-0.4, -0.2) is 56.6 Å². The van der Waals surface area contributed by atoms with Gasteiger partial charge >= 0.3 is 13.3 Å². The van der Waals surface area contributed by atoms with Crippen LogP contribution >= 0.6 is 7.60 Å². The van der Waals surface area contributed by atoms with Crippen LogP contribution in [0.1, 0.15) is 17.5 Å². The highest BCUT2D eigenvalue weighted by atomic mass is 32.2. The summed E-state index contributed by atoms with van der Waals surface area (Å²) >= 11 is 0. The second-order valence-corrected chi connectivity index (χ2v) is 14.3. The molecule has 1 atom stereocenters. The lowest BCUT2D eigenvalue weighted by Crippen LogP contribution is -2.48. The Bertz CT molecular complexity index is 1750. The average molecular weight is 677 g/mol. The van der Waals surface area contributed by atoms with Gasteiger partial charge < -0.3 is 15.1 Å². The molecule has 19 heteroatoms. The Kier molecular flexibility index (Phi) is 11.1. The molecule has 0 saturated heterocycles. The lowest BCUT2D eigenvalue weighted by Gasteiger charge is -2.20. The van der Waals surface area contributed by atoms with Gasteiger partial charge in [0, 0.05) is 24.7 Å². The van der Waals surface area contributed by atoms with Crippen LogP contribution in [0.15, 0.2) is 88.7 Å². The van der Waals surface area contributed by atoms with E-state index in [4.69, 9.17) is 9.79 Å². The molecule has 3 aromatic carbocycles. The molecule has 0 aliphatic carbocycles. The predicted molar refractivity (Wildman–Crippen MR) is 153 cm³/mol. The van der Waals surface area contributed by atoms with Gasteiger partial charge in [0.15, 0.2) is 4.90 Å². The Morgan fingerprint density at radius 3 is 2.09 bits per heavy atom. The fraction of sp³-hybridized carbons (Fsp3) is 0.240. The first-order valence-electron chi connectivity index (χ1n) is 12.6. The van der Waals surface area contributed by atoms with Gasteiger partial charge in [0.05, 0.1) is 9.82 Å². The van der Waals surface area contributed by atoms with Crippen LogP contribution in [0.25, 0.3) is 0 Å². The number of amides is 1. The van der Waals surface area contributed by atoms with Crippen LogP contribution in [0.5, 0.6) is 0 Å². The van der Waals surface area contributed by atoms with Crippen LogP contribution in [0, 0.1) is 10.1 Å². The zero-order valence-electron chi connectivity index (χ0n) is 22.5. The Morgan fingerprint density at radius 1 is 0.909 bits per heavy atom. The molecule has 0 aromatic heterocycles. The van der Waals surface area contributed by atoms with Crippen molar-refractivity contribution in [3.05, 3.63) is 100 Å². The van der Waals surface area contributed by atoms with Crippen LogP contribution < -0.4 is 14.8 Å². The molecule has 0 heterocycles. The van der Waals surface area contributed by atoms with Crippen LogP contribution in [0.2, 0.25) is 0 Å². The molecule has 0 fully saturated rings. The van der Waals surface area contributed by atoms with Crippen LogP contribution in [0.3, 0.4) is 0 Å². The molecule has 0 bridgehead atoms. The maximum atomic E-state index is 14.0. The third-order valence-electron chi connectivity index (χ3n) is 6.07. The van der Waals surface area contributed by atoms with Gasteiger partial charge in [0.2, 0.25) is 26.0 Å². The van der Waals surface area contributed by atoms with Gasteiger partial charge in [0.1, 0.15) is 6.04 Å². The highest BCUT2D eigenvalue weighted by Crippen LogP contribution is 2.59. The zero-order chi connectivity index (χ0) is 32.8. The number of sulfonamides is 2. The summed E-state index contributed by atoms with van der Waals surface area (Å²) in [5, 5.41) is 13.6. The quantitative estimate of drug-likeness (QED) is 0.0683. The monoisotopic (exact) mass is 676 g/mol. The largest absolute Gasteiger partial charge is 0.399 e. The highest BCUT2D eigenvalue weighted by molar-refractivity contribution is 7.89. The molecule has 3 rings (SSSR count). The Labute approximate surface area is 250 Å². The Morgan fingerprint density at radius 2 is 1.50 bits per heavy atom. The minimum Gasteiger partial charge on any atom is -0.355 e. The molecule has 1 amide bonds. The van der Waals surface area contributed by atoms with E-state index in [9.17, 15) is 45.1 Å². The second-order valence-electron chi connectivity index (χ2n) is 9.24. The number of carbonyl (C=O) groups is 1. The number of hydrogen-bond acceptors (Lipinski definition) is 8. The molecule has 0 radical (unpaired) electrons. The average Bonchev–Trinajstić information content (AvgIpc) is 2.96. The fourth-order valence-corrected chi connectivity index (χ4v) is 6.78. The molecule has 0 aliphatic rings. The summed E-state index contributed by atoms with van der Waals surface area (Å²) in [4.78, 5) is 40.5. The Hall–Kier alpha value is -3.64. The van der Waals surface area contributed by atoms with Gasteiger partial charge in [-0.15, -0.1) is 0 Å². The van der Waals surface area contributed by atoms with E-state index in [1.54, 1.807) is 6.07 Å². The maximum absolute atomic E-state index is 14.0. The molecule has 0 unspecified atom stereocenters. The minimum absolute atomic E-state index is 0.00406. The van der Waals surface area contributed by atoms with E-state index < -0.39 is 66.3 Å². The molecule has 3 aromatic rings. The van der Waals surface area contributed by atoms with E-state index in [0.717, 1.165) is 36.4 Å². The summed E-state index contributed by atoms with van der Waals surface area (Å²) in [5.41, 5.74) is -5.91. The Balaban J connectivity index is 1.71. The molecular weight excluding hydrogens is 649 g/mol. The van der Waals surface area contributed by atoms with Crippen molar-refractivity contribution in [2.24, 2.45) is 0 Å². The number of carbonyl (C=O) groups excluding carboxylic acids is 1. The van der Waals surface area contributed by atoms with Crippen molar-refractivity contribution in [3.8, 4) is 0 Å². The van der Waals surface area contributed by atoms with E-state index in [2.05, 4.69) is 14.8 Å². The van der Waals surface area contributed by atoms with Crippen molar-refractivity contribution in [2.75, 3.05) is 13.1 Å². The normalized spacial score (nSPS) is 13.3. The summed E-state index contributed by atoms with van der Waals surface area (Å²) < 4.78 is 94.6. The van der Waals surface area contributed by atoms with Gasteiger partial charge in [-0.3, -0.25) is 19.5 Å². The smallest absolute Gasteiger partial charge is 0.355 e. The van der Waals surface area contributed by atoms with Gasteiger partial charge in [-0.1, -0.05) is 54.6 Å². The maximum Gasteiger partial charge on any atom is 0.399 e. The lowest BCUT2D eigenvalue weighted by atomic mass is 10.0. The molecule has 0 saturated carbocycles.